The van der Waals surface area contributed by atoms with Crippen LogP contribution in [0.1, 0.15) is 70.1 Å². The highest BCUT2D eigenvalue weighted by atomic mass is 16.5. The number of anilines is 1. The molecule has 1 N–H and O–H groups in total. The summed E-state index contributed by atoms with van der Waals surface area (Å²) >= 11 is 0. The smallest absolute Gasteiger partial charge is 0.322 e. The van der Waals surface area contributed by atoms with E-state index in [0.717, 1.165) is 68.3 Å². The molecule has 1 saturated heterocycles. The van der Waals surface area contributed by atoms with E-state index < -0.39 is 0 Å². The summed E-state index contributed by atoms with van der Waals surface area (Å²) in [5.41, 5.74) is 0.757. The van der Waals surface area contributed by atoms with Gasteiger partial charge in [-0.25, -0.2) is 4.79 Å². The average molecular weight is 412 g/mol. The van der Waals surface area contributed by atoms with Crippen LogP contribution in [0.25, 0.3) is 0 Å². The average Bonchev–Trinajstić information content (AvgIpc) is 3.29. The molecule has 7 heteroatoms. The van der Waals surface area contributed by atoms with E-state index in [9.17, 15) is 4.79 Å². The number of aromatic nitrogens is 3. The molecule has 0 saturated carbocycles. The summed E-state index contributed by atoms with van der Waals surface area (Å²) in [5, 5.41) is 12.0. The van der Waals surface area contributed by atoms with E-state index >= 15 is 0 Å². The van der Waals surface area contributed by atoms with Crippen molar-refractivity contribution in [3.8, 4) is 5.75 Å². The Bertz CT molecular complexity index is 863. The molecule has 7 nitrogen and oxygen atoms in total. The van der Waals surface area contributed by atoms with Gasteiger partial charge >= 0.3 is 6.03 Å². The second-order valence-electron chi connectivity index (χ2n) is 8.78. The normalized spacial score (nSPS) is 18.9. The molecule has 2 aliphatic rings. The highest BCUT2D eigenvalue weighted by molar-refractivity contribution is 5.90. The number of amides is 2. The van der Waals surface area contributed by atoms with Gasteiger partial charge < -0.3 is 19.5 Å². The van der Waals surface area contributed by atoms with Crippen molar-refractivity contribution in [2.75, 3.05) is 18.5 Å². The third-order valence-electron chi connectivity index (χ3n) is 6.00. The first kappa shape index (κ1) is 20.7. The number of carbonyl (C=O) groups excluding carboxylic acids is 1. The van der Waals surface area contributed by atoms with Crippen LogP contribution in [0, 0.1) is 5.92 Å². The molecule has 2 aliphatic heterocycles. The number of nitrogens with one attached hydrogen (secondary N) is 1. The van der Waals surface area contributed by atoms with Crippen LogP contribution in [-0.2, 0) is 13.0 Å². The Morgan fingerprint density at radius 1 is 1.20 bits per heavy atom. The standard InChI is InChI=1S/C23H33N5O2/c1-17(2)12-15-30-19-9-6-8-18(16-19)24-23(29)27-14-7-10-20(27)22-26-25-21-11-4-3-5-13-28(21)22/h6,8-9,16-17,20H,3-5,7,10-15H2,1-2H3,(H,24,29). The topological polar surface area (TPSA) is 72.3 Å². The maximum atomic E-state index is 13.1. The van der Waals surface area contributed by atoms with Gasteiger partial charge in [0.25, 0.3) is 0 Å². The molecule has 2 amide bonds. The largest absolute Gasteiger partial charge is 0.494 e. The first-order chi connectivity index (χ1) is 14.6. The van der Waals surface area contributed by atoms with Gasteiger partial charge in [0, 0.05) is 31.3 Å². The number of ether oxygens (including phenoxy) is 1. The molecule has 4 rings (SSSR count). The lowest BCUT2D eigenvalue weighted by atomic mass is 10.1. The van der Waals surface area contributed by atoms with Gasteiger partial charge in [-0.15, -0.1) is 10.2 Å². The zero-order chi connectivity index (χ0) is 20.9. The fourth-order valence-corrected chi connectivity index (χ4v) is 4.30. The second-order valence-corrected chi connectivity index (χ2v) is 8.78. The van der Waals surface area contributed by atoms with Crippen molar-refractivity contribution in [2.24, 2.45) is 5.92 Å². The van der Waals surface area contributed by atoms with Gasteiger partial charge in [0.15, 0.2) is 5.82 Å². The molecular formula is C23H33N5O2. The number of nitrogens with zero attached hydrogens (tertiary/aromatic N) is 4. The Kier molecular flexibility index (Phi) is 6.55. The van der Waals surface area contributed by atoms with Gasteiger partial charge in [-0.2, -0.15) is 0 Å². The van der Waals surface area contributed by atoms with Gasteiger partial charge in [0.1, 0.15) is 11.6 Å². The Labute approximate surface area is 178 Å². The monoisotopic (exact) mass is 411 g/mol. The number of likely N-dealkylation sites (tertiary alicyclic amines) is 1. The molecule has 30 heavy (non-hydrogen) atoms. The molecule has 0 bridgehead atoms. The van der Waals surface area contributed by atoms with Crippen LogP contribution in [0.5, 0.6) is 5.75 Å². The van der Waals surface area contributed by atoms with Crippen molar-refractivity contribution in [1.29, 1.82) is 0 Å². The van der Waals surface area contributed by atoms with Crippen molar-refractivity contribution in [2.45, 2.75) is 71.4 Å². The summed E-state index contributed by atoms with van der Waals surface area (Å²) in [6.07, 6.45) is 7.46. The molecule has 0 spiro atoms. The predicted octanol–water partition coefficient (Wildman–Crippen LogP) is 4.80. The lowest BCUT2D eigenvalue weighted by Crippen LogP contribution is -2.35. The summed E-state index contributed by atoms with van der Waals surface area (Å²) in [6.45, 7) is 6.74. The molecule has 162 valence electrons. The minimum atomic E-state index is -0.0807. The summed E-state index contributed by atoms with van der Waals surface area (Å²) in [5.74, 6) is 3.41. The van der Waals surface area contributed by atoms with Crippen LogP contribution < -0.4 is 10.1 Å². The minimum Gasteiger partial charge on any atom is -0.494 e. The lowest BCUT2D eigenvalue weighted by Gasteiger charge is -2.25. The number of fused-ring (bicyclic) bond motifs is 1. The van der Waals surface area contributed by atoms with E-state index in [0.29, 0.717) is 12.5 Å². The molecule has 1 atom stereocenters. The zero-order valence-corrected chi connectivity index (χ0v) is 18.1. The number of urea groups is 1. The van der Waals surface area contributed by atoms with Crippen LogP contribution in [-0.4, -0.2) is 38.8 Å². The minimum absolute atomic E-state index is 0.00479. The molecule has 1 fully saturated rings. The second kappa shape index (κ2) is 9.49. The summed E-state index contributed by atoms with van der Waals surface area (Å²) in [4.78, 5) is 15.0. The van der Waals surface area contributed by atoms with Crippen molar-refractivity contribution in [3.63, 3.8) is 0 Å². The van der Waals surface area contributed by atoms with Crippen LogP contribution in [0.4, 0.5) is 10.5 Å². The molecule has 1 aromatic heterocycles. The molecule has 1 aromatic carbocycles. The van der Waals surface area contributed by atoms with Crippen molar-refractivity contribution in [3.05, 3.63) is 35.9 Å². The highest BCUT2D eigenvalue weighted by Gasteiger charge is 2.34. The van der Waals surface area contributed by atoms with E-state index in [2.05, 4.69) is 33.9 Å². The first-order valence-corrected chi connectivity index (χ1v) is 11.3. The third-order valence-corrected chi connectivity index (χ3v) is 6.00. The quantitative estimate of drug-likeness (QED) is 0.741. The van der Waals surface area contributed by atoms with Crippen LogP contribution in [0.3, 0.4) is 0 Å². The van der Waals surface area contributed by atoms with Crippen LogP contribution in [0.15, 0.2) is 24.3 Å². The maximum Gasteiger partial charge on any atom is 0.322 e. The Morgan fingerprint density at radius 2 is 2.10 bits per heavy atom. The number of hydrogen-bond acceptors (Lipinski definition) is 4. The number of rotatable bonds is 6. The van der Waals surface area contributed by atoms with Crippen LogP contribution in [0.2, 0.25) is 0 Å². The maximum absolute atomic E-state index is 13.1. The van der Waals surface area contributed by atoms with E-state index in [1.54, 1.807) is 0 Å². The number of aryl methyl sites for hydroxylation is 1. The molecular weight excluding hydrogens is 378 g/mol. The van der Waals surface area contributed by atoms with Crippen molar-refractivity contribution >= 4 is 11.7 Å². The highest BCUT2D eigenvalue weighted by Crippen LogP contribution is 2.33. The van der Waals surface area contributed by atoms with E-state index in [1.165, 1.54) is 12.8 Å². The Hall–Kier alpha value is -2.57. The summed E-state index contributed by atoms with van der Waals surface area (Å²) in [7, 11) is 0. The number of hydrogen-bond donors (Lipinski definition) is 1. The first-order valence-electron chi connectivity index (χ1n) is 11.3. The fourth-order valence-electron chi connectivity index (χ4n) is 4.30. The molecule has 2 aromatic rings. The molecule has 0 aliphatic carbocycles. The Morgan fingerprint density at radius 3 is 2.97 bits per heavy atom. The number of benzene rings is 1. The van der Waals surface area contributed by atoms with Gasteiger partial charge in [0.2, 0.25) is 0 Å². The summed E-state index contributed by atoms with van der Waals surface area (Å²) < 4.78 is 8.09. The zero-order valence-electron chi connectivity index (χ0n) is 18.1. The van der Waals surface area contributed by atoms with Crippen molar-refractivity contribution < 1.29 is 9.53 Å². The van der Waals surface area contributed by atoms with E-state index in [-0.39, 0.29) is 12.1 Å². The predicted molar refractivity (Wildman–Crippen MR) is 117 cm³/mol. The molecule has 1 unspecified atom stereocenters. The number of carbonyl (C=O) groups is 1. The molecule has 3 heterocycles. The third kappa shape index (κ3) is 4.77. The lowest BCUT2D eigenvalue weighted by molar-refractivity contribution is 0.203. The fraction of sp³-hybridized carbons (Fsp3) is 0.609. The van der Waals surface area contributed by atoms with Crippen molar-refractivity contribution in [1.82, 2.24) is 19.7 Å². The van der Waals surface area contributed by atoms with Gasteiger partial charge in [-0.3, -0.25) is 0 Å². The van der Waals surface area contributed by atoms with Gasteiger partial charge in [-0.05, 0) is 50.2 Å². The van der Waals surface area contributed by atoms with Crippen LogP contribution >= 0.6 is 0 Å². The Balaban J connectivity index is 1.43. The molecule has 0 radical (unpaired) electrons. The van der Waals surface area contributed by atoms with Gasteiger partial charge in [-0.1, -0.05) is 26.3 Å². The van der Waals surface area contributed by atoms with E-state index in [4.69, 9.17) is 4.74 Å². The summed E-state index contributed by atoms with van der Waals surface area (Å²) in [6, 6.07) is 7.56. The van der Waals surface area contributed by atoms with E-state index in [1.807, 2.05) is 29.2 Å². The van der Waals surface area contributed by atoms with Gasteiger partial charge in [0.05, 0.1) is 12.6 Å². The SMILES string of the molecule is CC(C)CCOc1cccc(NC(=O)N2CCCC2c2nnc3n2CCCCC3)c1.